The number of sulfone groups is 2. The van der Waals surface area contributed by atoms with Crippen molar-refractivity contribution in [1.29, 1.82) is 0 Å². The molecule has 66 heavy (non-hydrogen) atoms. The van der Waals surface area contributed by atoms with Crippen LogP contribution in [0.4, 0.5) is 40.3 Å². The second-order valence-corrected chi connectivity index (χ2v) is 23.1. The topological polar surface area (TPSA) is 441 Å². The number of hydrogen-bond acceptors (Lipinski definition) is 23. The predicted molar refractivity (Wildman–Crippen MR) is 229 cm³/mol. The summed E-state index contributed by atoms with van der Waals surface area (Å²) in [6.45, 7) is -1.16. The molecule has 4 rings (SSSR count). The number of phenolic OH excluding ortho intramolecular Hbond substituents is 1. The average Bonchev–Trinajstić information content (AvgIpc) is 3.15. The molecule has 0 saturated heterocycles. The number of rotatable bonds is 22. The smallest absolute Gasteiger partial charge is 0.397 e. The Labute approximate surface area is 384 Å². The molecule has 362 valence electrons. The van der Waals surface area contributed by atoms with Crippen LogP contribution in [0.5, 0.6) is 11.5 Å². The molecule has 0 atom stereocenters. The van der Waals surface area contributed by atoms with E-state index in [2.05, 4.69) is 45.3 Å². The Kier molecular flexibility index (Phi) is 17.0. The molecule has 0 aliphatic heterocycles. The molecule has 36 heteroatoms. The lowest BCUT2D eigenvalue weighted by molar-refractivity contribution is -0.116. The standard InChI is InChI=1S/C30H32Cl2N8O20S6/c1-59-22-14-19(34-29-36-28(32)37-30(38-29)35-21-12-17(13-25(27(21)42)65(53,54)55)62(45,46)10-7-60-66(56,57)58)24(64(50,51)52)15-18(22)39-40-20-11-16(4-5-23(20)63(47,48)49)33-26(41)3-2-8-61(43,44)9-6-31/h4-5,11-15,42H,2-3,6-10H2,1H3,(H,33,41)(H,47,48,49)(H,50,51,52)(H,53,54,55)(H,56,57,58)(H2,34,35,36,37,38)/b40-39+. The predicted octanol–water partition coefficient (Wildman–Crippen LogP) is 2.85. The first-order chi connectivity index (χ1) is 30.3. The minimum absolute atomic E-state index is 0.0856. The van der Waals surface area contributed by atoms with Gasteiger partial charge in [0.05, 0.1) is 47.2 Å². The van der Waals surface area contributed by atoms with Crippen LogP contribution in [0.2, 0.25) is 5.28 Å². The number of anilines is 5. The van der Waals surface area contributed by atoms with Gasteiger partial charge in [-0.25, -0.2) is 21.0 Å². The minimum Gasteiger partial charge on any atom is -0.504 e. The van der Waals surface area contributed by atoms with Gasteiger partial charge in [0.1, 0.15) is 31.8 Å². The van der Waals surface area contributed by atoms with Gasteiger partial charge in [0.15, 0.2) is 25.4 Å². The van der Waals surface area contributed by atoms with Gasteiger partial charge in [-0.1, -0.05) is 0 Å². The summed E-state index contributed by atoms with van der Waals surface area (Å²) in [7, 11) is -28.0. The van der Waals surface area contributed by atoms with Crippen molar-refractivity contribution in [3.8, 4) is 11.5 Å². The van der Waals surface area contributed by atoms with Gasteiger partial charge in [0.25, 0.3) is 30.4 Å². The molecule has 4 aromatic rings. The molecule has 3 aromatic carbocycles. The Morgan fingerprint density at radius 3 is 1.86 bits per heavy atom. The van der Waals surface area contributed by atoms with Crippen molar-refractivity contribution in [1.82, 2.24) is 15.0 Å². The lowest BCUT2D eigenvalue weighted by Crippen LogP contribution is -2.16. The number of hydrogen-bond donors (Lipinski definition) is 8. The van der Waals surface area contributed by atoms with Crippen LogP contribution in [0, 0.1) is 0 Å². The number of halogens is 2. The minimum atomic E-state index is -5.40. The van der Waals surface area contributed by atoms with E-state index in [4.69, 9.17) is 32.5 Å². The van der Waals surface area contributed by atoms with E-state index < -0.39 is 144 Å². The van der Waals surface area contributed by atoms with E-state index in [1.807, 2.05) is 0 Å². The molecular weight excluding hydrogens is 1060 g/mol. The van der Waals surface area contributed by atoms with Crippen LogP contribution >= 0.6 is 23.2 Å². The maximum atomic E-state index is 12.9. The fourth-order valence-electron chi connectivity index (χ4n) is 5.12. The summed E-state index contributed by atoms with van der Waals surface area (Å²) in [6.07, 6.45) is -0.370. The number of amides is 1. The zero-order valence-corrected chi connectivity index (χ0v) is 39.2. The van der Waals surface area contributed by atoms with E-state index in [9.17, 15) is 74.1 Å². The van der Waals surface area contributed by atoms with Crippen molar-refractivity contribution in [3.63, 3.8) is 0 Å². The molecule has 0 spiro atoms. The Bertz CT molecular complexity index is 3270. The first-order valence-electron chi connectivity index (χ1n) is 17.3. The van der Waals surface area contributed by atoms with Crippen LogP contribution in [-0.4, -0.2) is 132 Å². The highest BCUT2D eigenvalue weighted by molar-refractivity contribution is 7.92. The number of nitrogens with one attached hydrogen (secondary N) is 3. The van der Waals surface area contributed by atoms with Crippen molar-refractivity contribution in [2.45, 2.75) is 32.4 Å². The number of ether oxygens (including phenoxy) is 1. The Balaban J connectivity index is 1.71. The monoisotopic (exact) mass is 1090 g/mol. The van der Waals surface area contributed by atoms with Gasteiger partial charge in [-0.05, 0) is 54.4 Å². The van der Waals surface area contributed by atoms with Crippen molar-refractivity contribution < 1.29 is 87.5 Å². The summed E-state index contributed by atoms with van der Waals surface area (Å²) in [4.78, 5) is 19.6. The SMILES string of the molecule is COc1cc(Nc2nc(Cl)nc(Nc3cc(S(=O)(=O)CCOS(=O)(=O)O)cc(S(=O)(=O)O)c3O)n2)c(S(=O)(=O)O)cc1/N=N/c1cc(NC(=O)CCCS(=O)(=O)CCCl)ccc1S(=O)(=O)O. The van der Waals surface area contributed by atoms with Crippen molar-refractivity contribution in [2.24, 2.45) is 10.2 Å². The van der Waals surface area contributed by atoms with Gasteiger partial charge < -0.3 is 25.8 Å². The third kappa shape index (κ3) is 15.3. The number of carbonyl (C=O) groups excluding carboxylic acids is 1. The van der Waals surface area contributed by atoms with Gasteiger partial charge in [-0.15, -0.1) is 21.8 Å². The molecule has 1 aromatic heterocycles. The molecule has 0 radical (unpaired) electrons. The van der Waals surface area contributed by atoms with Gasteiger partial charge in [0, 0.05) is 24.1 Å². The lowest BCUT2D eigenvalue weighted by Gasteiger charge is -2.15. The van der Waals surface area contributed by atoms with Crippen LogP contribution in [0.3, 0.4) is 0 Å². The number of benzene rings is 3. The highest BCUT2D eigenvalue weighted by Gasteiger charge is 2.27. The van der Waals surface area contributed by atoms with Gasteiger partial charge in [-0.3, -0.25) is 23.0 Å². The fourth-order valence-corrected chi connectivity index (χ4v) is 10.5. The maximum absolute atomic E-state index is 12.9. The fraction of sp³-hybridized carbons (Fsp3) is 0.267. The lowest BCUT2D eigenvalue weighted by atomic mass is 10.2. The first-order valence-corrected chi connectivity index (χ1v) is 27.3. The molecule has 0 bridgehead atoms. The van der Waals surface area contributed by atoms with Gasteiger partial charge >= 0.3 is 10.4 Å². The number of aromatic nitrogens is 3. The number of carbonyl (C=O) groups is 1. The Morgan fingerprint density at radius 2 is 1.30 bits per heavy atom. The molecule has 0 fully saturated rings. The normalized spacial score (nSPS) is 12.8. The van der Waals surface area contributed by atoms with E-state index in [1.54, 1.807) is 0 Å². The largest absolute Gasteiger partial charge is 0.504 e. The number of methoxy groups -OCH3 is 1. The summed E-state index contributed by atoms with van der Waals surface area (Å²) in [5.41, 5.74) is -2.70. The third-order valence-corrected chi connectivity index (χ3v) is 15.1. The van der Waals surface area contributed by atoms with Crippen LogP contribution in [0.1, 0.15) is 12.8 Å². The van der Waals surface area contributed by atoms with E-state index in [1.165, 1.54) is 0 Å². The summed E-state index contributed by atoms with van der Waals surface area (Å²) in [5.74, 6) is -5.79. The number of alkyl halides is 1. The van der Waals surface area contributed by atoms with Crippen LogP contribution in [-0.2, 0) is 69.4 Å². The van der Waals surface area contributed by atoms with Crippen LogP contribution < -0.4 is 20.7 Å². The zero-order valence-electron chi connectivity index (χ0n) is 32.8. The highest BCUT2D eigenvalue weighted by Crippen LogP contribution is 2.40. The average molecular weight is 1090 g/mol. The van der Waals surface area contributed by atoms with E-state index in [-0.39, 0.29) is 41.7 Å². The molecule has 1 heterocycles. The quantitative estimate of drug-likeness (QED) is 0.0243. The van der Waals surface area contributed by atoms with Gasteiger partial charge in [-0.2, -0.15) is 48.6 Å². The van der Waals surface area contributed by atoms with E-state index in [0.717, 1.165) is 31.4 Å². The Morgan fingerprint density at radius 1 is 0.712 bits per heavy atom. The number of azo groups is 1. The molecule has 0 aliphatic carbocycles. The third-order valence-electron chi connectivity index (χ3n) is 7.96. The second kappa shape index (κ2) is 20.9. The molecule has 8 N–H and O–H groups in total. The van der Waals surface area contributed by atoms with Crippen molar-refractivity contribution >= 4 is 130 Å². The number of phenols is 1. The molecule has 1 amide bonds. The molecule has 0 unspecified atom stereocenters. The summed E-state index contributed by atoms with van der Waals surface area (Å²) in [6, 6.07) is 5.26. The molecule has 28 nitrogen and oxygen atoms in total. The summed E-state index contributed by atoms with van der Waals surface area (Å²) < 4.78 is 193. The molecular formula is C30H32Cl2N8O20S6. The number of nitrogens with zero attached hydrogens (tertiary/aromatic N) is 5. The second-order valence-electron chi connectivity index (χ2n) is 12.7. The maximum Gasteiger partial charge on any atom is 0.397 e. The molecule has 0 aliphatic rings. The van der Waals surface area contributed by atoms with E-state index in [0.29, 0.717) is 18.2 Å². The Hall–Kier alpha value is -4.98. The number of aromatic hydroxyl groups is 1. The van der Waals surface area contributed by atoms with E-state index >= 15 is 0 Å². The first kappa shape index (κ1) is 53.6. The molecule has 0 saturated carbocycles. The summed E-state index contributed by atoms with van der Waals surface area (Å²) >= 11 is 11.5. The van der Waals surface area contributed by atoms with Crippen LogP contribution in [0.25, 0.3) is 0 Å². The summed E-state index contributed by atoms with van der Waals surface area (Å²) in [5, 5.41) is 24.5. The van der Waals surface area contributed by atoms with Gasteiger partial charge in [0.2, 0.25) is 23.1 Å². The van der Waals surface area contributed by atoms with Crippen molar-refractivity contribution in [2.75, 3.05) is 52.8 Å². The van der Waals surface area contributed by atoms with Crippen LogP contribution in [0.15, 0.2) is 72.3 Å². The highest BCUT2D eigenvalue weighted by atomic mass is 35.5. The van der Waals surface area contributed by atoms with Crippen molar-refractivity contribution in [3.05, 3.63) is 47.7 Å². The zero-order chi connectivity index (χ0) is 49.6.